The molecule has 0 radical (unpaired) electrons. The molecular formula is C38H35N5O10. The Morgan fingerprint density at radius 3 is 2.34 bits per heavy atom. The lowest BCUT2D eigenvalue weighted by Gasteiger charge is -2.47. The van der Waals surface area contributed by atoms with Gasteiger partial charge in [0, 0.05) is 40.5 Å². The number of phenols is 1. The second kappa shape index (κ2) is 12.4. The molecule has 15 nitrogen and oxygen atoms in total. The number of carbonyl (C=O) groups is 3. The number of hydrogen-bond acceptors (Lipinski definition) is 14. The molecule has 2 aliphatic carbocycles. The third-order valence-corrected chi connectivity index (χ3v) is 11.2. The number of aromatic hydroxyl groups is 1. The van der Waals surface area contributed by atoms with E-state index in [-0.39, 0.29) is 70.8 Å². The van der Waals surface area contributed by atoms with E-state index in [1.165, 1.54) is 12.1 Å². The zero-order valence-corrected chi connectivity index (χ0v) is 28.2. The van der Waals surface area contributed by atoms with Gasteiger partial charge in [-0.05, 0) is 37.0 Å². The van der Waals surface area contributed by atoms with Crippen molar-refractivity contribution in [2.45, 2.75) is 74.3 Å². The van der Waals surface area contributed by atoms with E-state index in [1.54, 1.807) is 35.2 Å². The summed E-state index contributed by atoms with van der Waals surface area (Å²) in [4.78, 5) is 54.9. The first-order valence-corrected chi connectivity index (χ1v) is 17.5. The van der Waals surface area contributed by atoms with Gasteiger partial charge in [0.15, 0.2) is 34.6 Å². The molecule has 53 heavy (non-hydrogen) atoms. The van der Waals surface area contributed by atoms with E-state index >= 15 is 0 Å². The van der Waals surface area contributed by atoms with Crippen LogP contribution in [0.5, 0.6) is 11.5 Å². The number of nitrogens with zero attached hydrogens (tertiary/aromatic N) is 4. The SMILES string of the molecule is NC1=NC(=O)C2=NCN(c3ccccc3[C@@H]3CCOC4(CCCC4)[C@@H]4O[C@H](Oc5c3cc3c(c5O)C(=O)c5ccccc5C3=O)[C@@H](O)[C@H](O)[C@H]4O)C2=N1. The second-order valence-corrected chi connectivity index (χ2v) is 14.1. The number of amidine groups is 1. The number of aliphatic imine (C=N–C) groups is 3. The van der Waals surface area contributed by atoms with Gasteiger partial charge in [0.25, 0.3) is 0 Å². The number of nitrogens with two attached hydrogens (primary N) is 1. The monoisotopic (exact) mass is 721 g/mol. The number of aliphatic hydroxyl groups is 3. The van der Waals surface area contributed by atoms with Crippen molar-refractivity contribution < 1.29 is 49.0 Å². The van der Waals surface area contributed by atoms with Gasteiger partial charge in [-0.1, -0.05) is 55.3 Å². The summed E-state index contributed by atoms with van der Waals surface area (Å²) in [6.07, 6.45) is -4.96. The van der Waals surface area contributed by atoms with Gasteiger partial charge < -0.3 is 45.3 Å². The number of ether oxygens (including phenoxy) is 3. The quantitative estimate of drug-likeness (QED) is 0.199. The van der Waals surface area contributed by atoms with E-state index in [9.17, 15) is 34.8 Å². The average Bonchev–Trinajstić information content (AvgIpc) is 3.81. The van der Waals surface area contributed by atoms with E-state index < -0.39 is 65.4 Å². The zero-order chi connectivity index (χ0) is 36.8. The van der Waals surface area contributed by atoms with Gasteiger partial charge in [0.2, 0.25) is 12.2 Å². The minimum Gasteiger partial charge on any atom is -0.504 e. The molecule has 6 atom stereocenters. The third-order valence-electron chi connectivity index (χ3n) is 11.2. The van der Waals surface area contributed by atoms with Gasteiger partial charge in [-0.15, -0.1) is 0 Å². The lowest BCUT2D eigenvalue weighted by atomic mass is 9.79. The summed E-state index contributed by atoms with van der Waals surface area (Å²) >= 11 is 0. The van der Waals surface area contributed by atoms with E-state index in [0.717, 1.165) is 12.8 Å². The first-order valence-electron chi connectivity index (χ1n) is 17.5. The molecule has 1 saturated carbocycles. The highest BCUT2D eigenvalue weighted by Gasteiger charge is 2.56. The molecule has 6 N–H and O–H groups in total. The van der Waals surface area contributed by atoms with E-state index in [0.29, 0.717) is 24.1 Å². The molecule has 1 saturated heterocycles. The highest BCUT2D eigenvalue weighted by atomic mass is 16.7. The Labute approximate surface area is 302 Å². The van der Waals surface area contributed by atoms with Crippen molar-refractivity contribution in [3.05, 3.63) is 88.0 Å². The van der Waals surface area contributed by atoms with Crippen LogP contribution in [0.3, 0.4) is 0 Å². The molecule has 1 amide bonds. The number of guanidine groups is 1. The number of para-hydroxylation sites is 1. The lowest BCUT2D eigenvalue weighted by Crippen LogP contribution is -2.65. The Balaban J connectivity index is 1.26. The minimum absolute atomic E-state index is 0.0220. The maximum Gasteiger partial charge on any atom is 0.302 e. The van der Waals surface area contributed by atoms with E-state index in [1.807, 2.05) is 12.1 Å². The topological polar surface area (TPSA) is 226 Å². The van der Waals surface area contributed by atoms with Gasteiger partial charge in [-0.25, -0.2) is 0 Å². The van der Waals surface area contributed by atoms with Crippen LogP contribution in [-0.4, -0.2) is 105 Å². The van der Waals surface area contributed by atoms with Gasteiger partial charge in [-0.3, -0.25) is 19.4 Å². The van der Waals surface area contributed by atoms with Gasteiger partial charge in [0.05, 0.1) is 11.2 Å². The maximum atomic E-state index is 14.1. The van der Waals surface area contributed by atoms with Crippen LogP contribution in [0, 0.1) is 0 Å². The van der Waals surface area contributed by atoms with Crippen LogP contribution in [0.2, 0.25) is 0 Å². The van der Waals surface area contributed by atoms with Crippen LogP contribution >= 0.6 is 0 Å². The molecule has 0 unspecified atom stereocenters. The highest BCUT2D eigenvalue weighted by Crippen LogP contribution is 2.50. The first kappa shape index (κ1) is 33.5. The van der Waals surface area contributed by atoms with Crippen molar-refractivity contribution in [3.63, 3.8) is 0 Å². The van der Waals surface area contributed by atoms with Crippen LogP contribution in [0.15, 0.2) is 69.6 Å². The standard InChI is InChI=1S/C38H35N5O10/c39-37-41-34-25(35(50)42-37)40-16-43(34)23-10-4-3-7-18(23)17-11-14-51-38(12-5-6-13-38)33-30(48)29(47)31(49)36(53-33)52-32-21(17)15-22-24(28(32)46)27(45)20-9-2-1-8-19(20)26(22)44/h1-4,7-10,15,17,29-31,33,36,46-49H,5-6,11-14,16H2,(H2,39,42,50)/t17-,29+,30+,31-,33+,36-/m0/s1. The summed E-state index contributed by atoms with van der Waals surface area (Å²) < 4.78 is 19.3. The van der Waals surface area contributed by atoms with Crippen LogP contribution in [-0.2, 0) is 14.3 Å². The Bertz CT molecular complexity index is 2190. The maximum absolute atomic E-state index is 14.1. The van der Waals surface area contributed by atoms with Crippen LogP contribution in [0.4, 0.5) is 5.69 Å². The minimum atomic E-state index is -1.78. The van der Waals surface area contributed by atoms with E-state index in [4.69, 9.17) is 19.9 Å². The van der Waals surface area contributed by atoms with Crippen molar-refractivity contribution in [1.29, 1.82) is 0 Å². The van der Waals surface area contributed by atoms with Gasteiger partial charge >= 0.3 is 5.91 Å². The summed E-state index contributed by atoms with van der Waals surface area (Å²) in [6, 6.07) is 15.1. The fourth-order valence-electron chi connectivity index (χ4n) is 8.65. The number of benzene rings is 3. The molecule has 4 heterocycles. The van der Waals surface area contributed by atoms with Crippen LogP contribution in [0.25, 0.3) is 0 Å². The zero-order valence-electron chi connectivity index (χ0n) is 28.2. The summed E-state index contributed by atoms with van der Waals surface area (Å²) in [5, 5.41) is 45.7. The summed E-state index contributed by atoms with van der Waals surface area (Å²) in [5.41, 5.74) is 6.33. The number of carbonyl (C=O) groups excluding carboxylic acids is 3. The van der Waals surface area contributed by atoms with Crippen molar-refractivity contribution >= 4 is 40.7 Å². The second-order valence-electron chi connectivity index (χ2n) is 14.1. The largest absolute Gasteiger partial charge is 0.504 e. The van der Waals surface area contributed by atoms with Crippen molar-refractivity contribution in [2.24, 2.45) is 20.7 Å². The smallest absolute Gasteiger partial charge is 0.302 e. The molecule has 3 aromatic rings. The average molecular weight is 722 g/mol. The number of aliphatic hydroxyl groups excluding tert-OH is 3. The van der Waals surface area contributed by atoms with E-state index in [2.05, 4.69) is 15.0 Å². The van der Waals surface area contributed by atoms with Crippen molar-refractivity contribution in [3.8, 4) is 11.5 Å². The summed E-state index contributed by atoms with van der Waals surface area (Å²) in [6.45, 7) is 0.108. The molecule has 3 aromatic carbocycles. The molecule has 4 aliphatic heterocycles. The van der Waals surface area contributed by atoms with Crippen molar-refractivity contribution in [2.75, 3.05) is 18.2 Å². The third kappa shape index (κ3) is 5.06. The van der Waals surface area contributed by atoms with Gasteiger partial charge in [-0.2, -0.15) is 9.98 Å². The number of fused-ring (bicyclic) bond motifs is 7. The van der Waals surface area contributed by atoms with Gasteiger partial charge in [0.1, 0.15) is 31.1 Å². The summed E-state index contributed by atoms with van der Waals surface area (Å²) in [7, 11) is 0. The van der Waals surface area contributed by atoms with Crippen LogP contribution < -0.4 is 15.4 Å². The predicted octanol–water partition coefficient (Wildman–Crippen LogP) is 1.69. The Morgan fingerprint density at radius 1 is 0.849 bits per heavy atom. The number of hydrogen-bond donors (Lipinski definition) is 5. The Morgan fingerprint density at radius 2 is 1.57 bits per heavy atom. The molecule has 15 heteroatoms. The molecule has 2 bridgehead atoms. The Hall–Kier alpha value is -5.32. The molecule has 9 rings (SSSR count). The molecule has 1 spiro atoms. The molecule has 272 valence electrons. The highest BCUT2D eigenvalue weighted by molar-refractivity contribution is 6.72. The lowest BCUT2D eigenvalue weighted by molar-refractivity contribution is -0.309. The number of phenolic OH excluding ortho intramolecular Hbond substituents is 1. The molecule has 6 aliphatic rings. The fraction of sp³-hybridized carbons (Fsp3) is 0.368. The normalized spacial score (nSPS) is 28.8. The summed E-state index contributed by atoms with van der Waals surface area (Å²) in [5.74, 6) is -3.34. The van der Waals surface area contributed by atoms with Crippen molar-refractivity contribution in [1.82, 2.24) is 0 Å². The molecular weight excluding hydrogens is 686 g/mol. The number of rotatable bonds is 2. The Kier molecular flexibility index (Phi) is 7.83. The number of ketones is 2. The molecule has 2 fully saturated rings. The first-order chi connectivity index (χ1) is 25.6. The molecule has 0 aromatic heterocycles. The predicted molar refractivity (Wildman–Crippen MR) is 188 cm³/mol. The fourth-order valence-corrected chi connectivity index (χ4v) is 8.65. The van der Waals surface area contributed by atoms with Crippen LogP contribution in [0.1, 0.15) is 81.0 Å². The number of amides is 1. The number of anilines is 1.